The van der Waals surface area contributed by atoms with E-state index in [9.17, 15) is 9.59 Å². The maximum Gasteiger partial charge on any atom is 0.306 e. The summed E-state index contributed by atoms with van der Waals surface area (Å²) >= 11 is 0. The number of esters is 1. The van der Waals surface area contributed by atoms with Gasteiger partial charge < -0.3 is 23.7 Å². The molecule has 34 heavy (non-hydrogen) atoms. The van der Waals surface area contributed by atoms with Crippen molar-refractivity contribution in [1.82, 2.24) is 4.98 Å². The van der Waals surface area contributed by atoms with Gasteiger partial charge in [-0.05, 0) is 42.0 Å². The van der Waals surface area contributed by atoms with Gasteiger partial charge in [0, 0.05) is 23.2 Å². The Morgan fingerprint density at radius 1 is 1.09 bits per heavy atom. The Bertz CT molecular complexity index is 1380. The number of hydrogen-bond donors (Lipinski definition) is 0. The first-order valence-electron chi connectivity index (χ1n) is 10.8. The number of ketones is 1. The number of methoxy groups -OCH3 is 1. The van der Waals surface area contributed by atoms with Crippen molar-refractivity contribution >= 4 is 17.8 Å². The molecule has 0 N–H and O–H groups in total. The Kier molecular flexibility index (Phi) is 4.72. The fourth-order valence-electron chi connectivity index (χ4n) is 4.45. The predicted octanol–water partition coefficient (Wildman–Crippen LogP) is 4.27. The lowest BCUT2D eigenvalue weighted by molar-refractivity contribution is -0.140. The van der Waals surface area contributed by atoms with E-state index in [-0.39, 0.29) is 23.9 Å². The average Bonchev–Trinajstić information content (AvgIpc) is 3.18. The van der Waals surface area contributed by atoms with E-state index in [1.54, 1.807) is 36.5 Å². The van der Waals surface area contributed by atoms with Gasteiger partial charge in [0.25, 0.3) is 0 Å². The van der Waals surface area contributed by atoms with Crippen LogP contribution in [0.4, 0.5) is 0 Å². The number of ether oxygens (including phenoxy) is 5. The molecule has 4 heterocycles. The normalized spacial score (nSPS) is 18.3. The van der Waals surface area contributed by atoms with Gasteiger partial charge in [0.2, 0.25) is 11.7 Å². The fraction of sp³-hybridized carbons (Fsp3) is 0.192. The fourth-order valence-corrected chi connectivity index (χ4v) is 4.45. The molecule has 170 valence electrons. The van der Waals surface area contributed by atoms with Crippen molar-refractivity contribution < 1.29 is 33.3 Å². The van der Waals surface area contributed by atoms with E-state index in [1.165, 1.54) is 7.11 Å². The highest BCUT2D eigenvalue weighted by Gasteiger charge is 2.39. The molecule has 0 aliphatic carbocycles. The standard InChI is InChI=1S/C26H19NO7/c1-30-22(28)13-17-15-3-2-8-27-26(15)34-19-7-5-16-24(29)21(33-25(16)23(17)19)12-14-4-6-18-20(11-14)32-10-9-31-18/h2-8,11-12,17H,9-10,13H2,1H3/b21-12-. The first-order valence-corrected chi connectivity index (χ1v) is 10.8. The van der Waals surface area contributed by atoms with E-state index in [4.69, 9.17) is 23.7 Å². The van der Waals surface area contributed by atoms with E-state index in [1.807, 2.05) is 18.2 Å². The number of carbonyl (C=O) groups is 2. The molecule has 1 atom stereocenters. The van der Waals surface area contributed by atoms with E-state index in [0.29, 0.717) is 53.2 Å². The molecule has 1 unspecified atom stereocenters. The number of carbonyl (C=O) groups excluding carboxylic acids is 2. The van der Waals surface area contributed by atoms with Crippen molar-refractivity contribution in [1.29, 1.82) is 0 Å². The van der Waals surface area contributed by atoms with Gasteiger partial charge in [-0.3, -0.25) is 9.59 Å². The minimum absolute atomic E-state index is 0.0563. The number of allylic oxidation sites excluding steroid dienone is 1. The van der Waals surface area contributed by atoms with E-state index >= 15 is 0 Å². The maximum absolute atomic E-state index is 13.2. The Morgan fingerprint density at radius 3 is 2.76 bits per heavy atom. The van der Waals surface area contributed by atoms with Crippen molar-refractivity contribution in [2.24, 2.45) is 0 Å². The molecule has 8 heteroatoms. The van der Waals surface area contributed by atoms with Crippen LogP contribution in [0.25, 0.3) is 6.08 Å². The Hall–Kier alpha value is -4.33. The first kappa shape index (κ1) is 20.3. The monoisotopic (exact) mass is 457 g/mol. The third-order valence-electron chi connectivity index (χ3n) is 6.03. The number of fused-ring (bicyclic) bond motifs is 5. The lowest BCUT2D eigenvalue weighted by Crippen LogP contribution is -2.16. The van der Waals surface area contributed by atoms with Crippen LogP contribution >= 0.6 is 0 Å². The number of nitrogens with zero attached hydrogens (tertiary/aromatic N) is 1. The molecule has 3 aromatic rings. The molecule has 0 spiro atoms. The SMILES string of the molecule is COC(=O)CC1c2cccnc2Oc2ccc3c(c21)O/C(=C\c1ccc2c(c1)OCCO2)C3=O. The van der Waals surface area contributed by atoms with Gasteiger partial charge >= 0.3 is 5.97 Å². The molecule has 0 bridgehead atoms. The summed E-state index contributed by atoms with van der Waals surface area (Å²) in [5.41, 5.74) is 2.51. The highest BCUT2D eigenvalue weighted by molar-refractivity contribution is 6.15. The summed E-state index contributed by atoms with van der Waals surface area (Å²) in [5.74, 6) is 1.69. The molecular formula is C26H19NO7. The van der Waals surface area contributed by atoms with Crippen molar-refractivity contribution in [3.05, 3.63) is 76.7 Å². The third-order valence-corrected chi connectivity index (χ3v) is 6.03. The van der Waals surface area contributed by atoms with Gasteiger partial charge in [0.05, 0.1) is 19.1 Å². The van der Waals surface area contributed by atoms with Crippen LogP contribution in [0.3, 0.4) is 0 Å². The third kappa shape index (κ3) is 3.26. The smallest absolute Gasteiger partial charge is 0.306 e. The zero-order chi connectivity index (χ0) is 23.2. The van der Waals surface area contributed by atoms with E-state index in [0.717, 1.165) is 11.1 Å². The molecule has 3 aliphatic rings. The highest BCUT2D eigenvalue weighted by Crippen LogP contribution is 2.52. The van der Waals surface area contributed by atoms with Crippen LogP contribution in [-0.4, -0.2) is 37.1 Å². The number of rotatable bonds is 3. The highest BCUT2D eigenvalue weighted by atomic mass is 16.6. The van der Waals surface area contributed by atoms with Crippen LogP contribution in [-0.2, 0) is 9.53 Å². The van der Waals surface area contributed by atoms with E-state index < -0.39 is 5.92 Å². The second-order valence-corrected chi connectivity index (χ2v) is 8.03. The second kappa shape index (κ2) is 7.91. The van der Waals surface area contributed by atoms with Crippen LogP contribution < -0.4 is 18.9 Å². The average molecular weight is 457 g/mol. The summed E-state index contributed by atoms with van der Waals surface area (Å²) in [7, 11) is 1.34. The molecule has 0 amide bonds. The summed E-state index contributed by atoms with van der Waals surface area (Å²) in [6.45, 7) is 0.973. The number of Topliss-reactive ketones (excluding diaryl/α,β-unsaturated/α-hetero) is 1. The minimum Gasteiger partial charge on any atom is -0.486 e. The molecule has 2 aromatic carbocycles. The maximum atomic E-state index is 13.2. The number of aromatic nitrogens is 1. The van der Waals surface area contributed by atoms with Crippen molar-refractivity contribution in [2.45, 2.75) is 12.3 Å². The number of hydrogen-bond acceptors (Lipinski definition) is 8. The van der Waals surface area contributed by atoms with Gasteiger partial charge in [-0.2, -0.15) is 0 Å². The zero-order valence-corrected chi connectivity index (χ0v) is 18.2. The predicted molar refractivity (Wildman–Crippen MR) is 120 cm³/mol. The van der Waals surface area contributed by atoms with E-state index in [2.05, 4.69) is 4.98 Å². The Labute approximate surface area is 194 Å². The summed E-state index contributed by atoms with van der Waals surface area (Å²) in [6, 6.07) is 12.5. The Morgan fingerprint density at radius 2 is 1.91 bits per heavy atom. The van der Waals surface area contributed by atoms with Crippen LogP contribution in [0.1, 0.15) is 39.4 Å². The summed E-state index contributed by atoms with van der Waals surface area (Å²) in [6.07, 6.45) is 3.35. The zero-order valence-electron chi connectivity index (χ0n) is 18.2. The Balaban J connectivity index is 1.41. The molecule has 0 fully saturated rings. The molecular weight excluding hydrogens is 438 g/mol. The minimum atomic E-state index is -0.434. The molecule has 0 saturated carbocycles. The van der Waals surface area contributed by atoms with Crippen molar-refractivity contribution in [3.8, 4) is 28.9 Å². The van der Waals surface area contributed by atoms with Gasteiger partial charge in [-0.25, -0.2) is 4.98 Å². The summed E-state index contributed by atoms with van der Waals surface area (Å²) < 4.78 is 28.2. The first-order chi connectivity index (χ1) is 16.6. The van der Waals surface area contributed by atoms with Gasteiger partial charge in [-0.15, -0.1) is 0 Å². The molecule has 6 rings (SSSR count). The lowest BCUT2D eigenvalue weighted by atomic mass is 9.85. The summed E-state index contributed by atoms with van der Waals surface area (Å²) in [5, 5.41) is 0. The lowest BCUT2D eigenvalue weighted by Gasteiger charge is -2.27. The van der Waals surface area contributed by atoms with Crippen LogP contribution in [0.2, 0.25) is 0 Å². The van der Waals surface area contributed by atoms with Crippen LogP contribution in [0.15, 0.2) is 54.4 Å². The molecule has 3 aliphatic heterocycles. The van der Waals surface area contributed by atoms with Gasteiger partial charge in [-0.1, -0.05) is 12.1 Å². The second-order valence-electron chi connectivity index (χ2n) is 8.03. The van der Waals surface area contributed by atoms with Crippen LogP contribution in [0.5, 0.6) is 28.9 Å². The number of benzene rings is 2. The quantitative estimate of drug-likeness (QED) is 0.425. The topological polar surface area (TPSA) is 93.2 Å². The van der Waals surface area contributed by atoms with Crippen molar-refractivity contribution in [2.75, 3.05) is 20.3 Å². The largest absolute Gasteiger partial charge is 0.486 e. The summed E-state index contributed by atoms with van der Waals surface area (Å²) in [4.78, 5) is 29.8. The van der Waals surface area contributed by atoms with Crippen LogP contribution in [0, 0.1) is 0 Å². The molecule has 8 nitrogen and oxygen atoms in total. The molecule has 0 saturated heterocycles. The van der Waals surface area contributed by atoms with Crippen molar-refractivity contribution in [3.63, 3.8) is 0 Å². The van der Waals surface area contributed by atoms with Gasteiger partial charge in [0.15, 0.2) is 17.3 Å². The van der Waals surface area contributed by atoms with Gasteiger partial charge in [0.1, 0.15) is 24.7 Å². The molecule has 0 radical (unpaired) electrons. The number of pyridine rings is 1. The molecule has 1 aromatic heterocycles.